The van der Waals surface area contributed by atoms with E-state index in [1.165, 1.54) is 7.11 Å². The fourth-order valence-electron chi connectivity index (χ4n) is 1.98. The van der Waals surface area contributed by atoms with E-state index in [2.05, 4.69) is 5.32 Å². The number of methoxy groups -OCH3 is 1. The number of amides is 1. The Morgan fingerprint density at radius 1 is 1.23 bits per heavy atom. The summed E-state index contributed by atoms with van der Waals surface area (Å²) in [6.07, 6.45) is -0.838. The first-order chi connectivity index (χ1) is 10.5. The first-order valence-electron chi connectivity index (χ1n) is 6.57. The Kier molecular flexibility index (Phi) is 5.66. The lowest BCUT2D eigenvalue weighted by Gasteiger charge is -2.14. The molecular formula is C16H15Cl2NO3. The monoisotopic (exact) mass is 339 g/mol. The van der Waals surface area contributed by atoms with E-state index in [1.54, 1.807) is 42.5 Å². The van der Waals surface area contributed by atoms with Gasteiger partial charge in [-0.2, -0.15) is 0 Å². The molecule has 0 heterocycles. The quantitative estimate of drug-likeness (QED) is 0.876. The molecule has 0 saturated carbocycles. The van der Waals surface area contributed by atoms with Gasteiger partial charge in [-0.25, -0.2) is 0 Å². The molecule has 2 aromatic carbocycles. The minimum Gasteiger partial charge on any atom is -0.496 e. The van der Waals surface area contributed by atoms with Crippen LogP contribution in [-0.4, -0.2) is 24.7 Å². The molecule has 116 valence electrons. The Bertz CT molecular complexity index is 659. The van der Waals surface area contributed by atoms with Gasteiger partial charge < -0.3 is 15.2 Å². The third-order valence-electron chi connectivity index (χ3n) is 3.13. The van der Waals surface area contributed by atoms with Crippen molar-refractivity contribution in [1.29, 1.82) is 0 Å². The van der Waals surface area contributed by atoms with Gasteiger partial charge in [-0.3, -0.25) is 4.79 Å². The number of halogens is 2. The van der Waals surface area contributed by atoms with Crippen LogP contribution in [0.25, 0.3) is 0 Å². The molecule has 0 bridgehead atoms. The van der Waals surface area contributed by atoms with Crippen molar-refractivity contribution < 1.29 is 14.6 Å². The standard InChI is InChI=1S/C16H15Cl2NO3/c1-22-14-4-2-3-12(18)15(14)16(21)19-9-13(20)10-5-7-11(17)8-6-10/h2-8,13,20H,9H2,1H3,(H,19,21). The van der Waals surface area contributed by atoms with Crippen LogP contribution in [0.3, 0.4) is 0 Å². The number of hydrogen-bond donors (Lipinski definition) is 2. The molecule has 22 heavy (non-hydrogen) atoms. The van der Waals surface area contributed by atoms with Crippen LogP contribution in [0, 0.1) is 0 Å². The normalized spacial score (nSPS) is 11.8. The molecule has 2 aromatic rings. The zero-order valence-electron chi connectivity index (χ0n) is 11.8. The molecule has 0 aliphatic carbocycles. The van der Waals surface area contributed by atoms with Gasteiger partial charge in [0.05, 0.1) is 23.8 Å². The fraction of sp³-hybridized carbons (Fsp3) is 0.188. The number of benzene rings is 2. The topological polar surface area (TPSA) is 58.6 Å². The van der Waals surface area contributed by atoms with Crippen LogP contribution in [0.2, 0.25) is 10.0 Å². The summed E-state index contributed by atoms with van der Waals surface area (Å²) in [6, 6.07) is 11.7. The molecule has 0 aliphatic rings. The second-order valence-corrected chi connectivity index (χ2v) is 5.44. The Balaban J connectivity index is 2.05. The summed E-state index contributed by atoms with van der Waals surface area (Å²) in [6.45, 7) is 0.0504. The van der Waals surface area contributed by atoms with Crippen LogP contribution in [-0.2, 0) is 0 Å². The highest BCUT2D eigenvalue weighted by atomic mass is 35.5. The highest BCUT2D eigenvalue weighted by Gasteiger charge is 2.17. The van der Waals surface area contributed by atoms with Crippen molar-refractivity contribution in [3.05, 3.63) is 63.6 Å². The largest absolute Gasteiger partial charge is 0.496 e. The van der Waals surface area contributed by atoms with Crippen molar-refractivity contribution in [3.63, 3.8) is 0 Å². The van der Waals surface area contributed by atoms with Crippen molar-refractivity contribution in [2.24, 2.45) is 0 Å². The number of carbonyl (C=O) groups is 1. The Morgan fingerprint density at radius 2 is 1.91 bits per heavy atom. The molecule has 4 nitrogen and oxygen atoms in total. The van der Waals surface area contributed by atoms with Gasteiger partial charge in [-0.1, -0.05) is 41.4 Å². The minimum atomic E-state index is -0.838. The third-order valence-corrected chi connectivity index (χ3v) is 3.70. The molecule has 0 aliphatic heterocycles. The molecule has 0 spiro atoms. The molecule has 0 radical (unpaired) electrons. The fourth-order valence-corrected chi connectivity index (χ4v) is 2.35. The molecule has 0 fully saturated rings. The molecule has 6 heteroatoms. The van der Waals surface area contributed by atoms with Crippen LogP contribution in [0.1, 0.15) is 22.0 Å². The lowest BCUT2D eigenvalue weighted by Crippen LogP contribution is -2.29. The van der Waals surface area contributed by atoms with E-state index in [4.69, 9.17) is 27.9 Å². The molecule has 1 atom stereocenters. The Hall–Kier alpha value is -1.75. The molecular weight excluding hydrogens is 325 g/mol. The summed E-state index contributed by atoms with van der Waals surface area (Å²) in [5.41, 5.74) is 0.908. The van der Waals surface area contributed by atoms with Gasteiger partial charge in [-0.15, -0.1) is 0 Å². The molecule has 0 aromatic heterocycles. The van der Waals surface area contributed by atoms with E-state index in [9.17, 15) is 9.90 Å². The molecule has 0 saturated heterocycles. The Labute approximate surface area is 138 Å². The van der Waals surface area contributed by atoms with E-state index in [-0.39, 0.29) is 17.1 Å². The summed E-state index contributed by atoms with van der Waals surface area (Å²) in [7, 11) is 1.46. The van der Waals surface area contributed by atoms with Crippen LogP contribution >= 0.6 is 23.2 Å². The number of aliphatic hydroxyl groups excluding tert-OH is 1. The van der Waals surface area contributed by atoms with E-state index in [0.29, 0.717) is 16.3 Å². The zero-order valence-corrected chi connectivity index (χ0v) is 13.4. The van der Waals surface area contributed by atoms with Crippen LogP contribution in [0.4, 0.5) is 0 Å². The van der Waals surface area contributed by atoms with Gasteiger partial charge in [0, 0.05) is 11.6 Å². The van der Waals surface area contributed by atoms with E-state index >= 15 is 0 Å². The number of rotatable bonds is 5. The van der Waals surface area contributed by atoms with Gasteiger partial charge in [0.1, 0.15) is 5.75 Å². The average Bonchev–Trinajstić information content (AvgIpc) is 2.52. The van der Waals surface area contributed by atoms with Crippen molar-refractivity contribution in [1.82, 2.24) is 5.32 Å². The zero-order chi connectivity index (χ0) is 16.1. The van der Waals surface area contributed by atoms with Gasteiger partial charge in [0.15, 0.2) is 0 Å². The number of nitrogens with one attached hydrogen (secondary N) is 1. The predicted molar refractivity (Wildman–Crippen MR) is 86.7 cm³/mol. The maximum Gasteiger partial charge on any atom is 0.256 e. The first kappa shape index (κ1) is 16.6. The Morgan fingerprint density at radius 3 is 2.55 bits per heavy atom. The van der Waals surface area contributed by atoms with Gasteiger partial charge in [-0.05, 0) is 29.8 Å². The van der Waals surface area contributed by atoms with E-state index in [0.717, 1.165) is 0 Å². The number of ether oxygens (including phenoxy) is 1. The van der Waals surface area contributed by atoms with Gasteiger partial charge in [0.2, 0.25) is 0 Å². The van der Waals surface area contributed by atoms with Crippen molar-refractivity contribution in [2.75, 3.05) is 13.7 Å². The maximum absolute atomic E-state index is 12.2. The summed E-state index contributed by atoms with van der Waals surface area (Å²) in [5.74, 6) is -0.0264. The van der Waals surface area contributed by atoms with Gasteiger partial charge >= 0.3 is 0 Å². The lowest BCUT2D eigenvalue weighted by atomic mass is 10.1. The van der Waals surface area contributed by atoms with Crippen molar-refractivity contribution in [3.8, 4) is 5.75 Å². The van der Waals surface area contributed by atoms with Crippen LogP contribution < -0.4 is 10.1 Å². The first-order valence-corrected chi connectivity index (χ1v) is 7.32. The summed E-state index contributed by atoms with van der Waals surface area (Å²) in [5, 5.41) is 13.6. The molecule has 1 unspecified atom stereocenters. The number of aliphatic hydroxyl groups is 1. The van der Waals surface area contributed by atoms with Gasteiger partial charge in [0.25, 0.3) is 5.91 Å². The smallest absolute Gasteiger partial charge is 0.256 e. The molecule has 2 rings (SSSR count). The third kappa shape index (κ3) is 3.91. The highest BCUT2D eigenvalue weighted by Crippen LogP contribution is 2.26. The van der Waals surface area contributed by atoms with Crippen LogP contribution in [0.15, 0.2) is 42.5 Å². The number of hydrogen-bond acceptors (Lipinski definition) is 3. The minimum absolute atomic E-state index is 0.0504. The van der Waals surface area contributed by atoms with E-state index < -0.39 is 12.0 Å². The lowest BCUT2D eigenvalue weighted by molar-refractivity contribution is 0.0913. The predicted octanol–water partition coefficient (Wildman–Crippen LogP) is 3.47. The van der Waals surface area contributed by atoms with Crippen molar-refractivity contribution >= 4 is 29.1 Å². The second kappa shape index (κ2) is 7.49. The summed E-state index contributed by atoms with van der Waals surface area (Å²) in [4.78, 5) is 12.2. The SMILES string of the molecule is COc1cccc(Cl)c1C(=O)NCC(O)c1ccc(Cl)cc1. The molecule has 1 amide bonds. The van der Waals surface area contributed by atoms with E-state index in [1.807, 2.05) is 0 Å². The maximum atomic E-state index is 12.2. The average molecular weight is 340 g/mol. The highest BCUT2D eigenvalue weighted by molar-refractivity contribution is 6.34. The second-order valence-electron chi connectivity index (χ2n) is 4.59. The van der Waals surface area contributed by atoms with Crippen LogP contribution in [0.5, 0.6) is 5.75 Å². The van der Waals surface area contributed by atoms with Crippen molar-refractivity contribution in [2.45, 2.75) is 6.10 Å². The molecule has 2 N–H and O–H groups in total. The summed E-state index contributed by atoms with van der Waals surface area (Å²) < 4.78 is 5.13. The summed E-state index contributed by atoms with van der Waals surface area (Å²) >= 11 is 11.8. The number of carbonyl (C=O) groups excluding carboxylic acids is 1.